The van der Waals surface area contributed by atoms with Crippen molar-refractivity contribution in [1.82, 2.24) is 9.97 Å². The van der Waals surface area contributed by atoms with Gasteiger partial charge in [0, 0.05) is 23.1 Å². The molecular formula is C24H21N3OS. The Morgan fingerprint density at radius 1 is 0.759 bits per heavy atom. The van der Waals surface area contributed by atoms with E-state index in [1.165, 1.54) is 5.56 Å². The first-order valence-electron chi connectivity index (χ1n) is 9.42. The van der Waals surface area contributed by atoms with E-state index in [9.17, 15) is 4.21 Å². The normalized spacial score (nSPS) is 11.7. The zero-order chi connectivity index (χ0) is 19.9. The van der Waals surface area contributed by atoms with Crippen LogP contribution in [0.25, 0.3) is 11.4 Å². The summed E-state index contributed by atoms with van der Waals surface area (Å²) in [6.45, 7) is 0.660. The Hall–Kier alpha value is -3.31. The minimum absolute atomic E-state index is 0.340. The molecule has 144 valence electrons. The van der Waals surface area contributed by atoms with Crippen LogP contribution in [0.1, 0.15) is 11.3 Å². The van der Waals surface area contributed by atoms with E-state index in [1.54, 1.807) is 0 Å². The zero-order valence-electron chi connectivity index (χ0n) is 15.9. The van der Waals surface area contributed by atoms with Crippen LogP contribution in [0, 0.1) is 0 Å². The molecule has 29 heavy (non-hydrogen) atoms. The highest BCUT2D eigenvalue weighted by Crippen LogP contribution is 2.20. The molecule has 4 aromatic rings. The third-order valence-electron chi connectivity index (χ3n) is 4.41. The fourth-order valence-corrected chi connectivity index (χ4v) is 4.00. The van der Waals surface area contributed by atoms with Crippen LogP contribution in [-0.2, 0) is 23.1 Å². The van der Waals surface area contributed by atoms with Gasteiger partial charge in [-0.3, -0.25) is 4.21 Å². The average molecular weight is 400 g/mol. The molecule has 0 bridgehead atoms. The summed E-state index contributed by atoms with van der Waals surface area (Å²) < 4.78 is 12.8. The lowest BCUT2D eigenvalue weighted by Gasteiger charge is -2.11. The van der Waals surface area contributed by atoms with E-state index in [-0.39, 0.29) is 0 Å². The highest BCUT2D eigenvalue weighted by Gasteiger charge is 2.11. The number of anilines is 1. The predicted molar refractivity (Wildman–Crippen MR) is 118 cm³/mol. The van der Waals surface area contributed by atoms with Crippen LogP contribution in [-0.4, -0.2) is 14.2 Å². The van der Waals surface area contributed by atoms with Gasteiger partial charge < -0.3 is 5.32 Å². The fourth-order valence-electron chi connectivity index (χ4n) is 2.96. The van der Waals surface area contributed by atoms with E-state index < -0.39 is 10.8 Å². The second kappa shape index (κ2) is 9.26. The van der Waals surface area contributed by atoms with Crippen LogP contribution in [0.4, 0.5) is 5.82 Å². The lowest BCUT2D eigenvalue weighted by Crippen LogP contribution is -2.06. The molecule has 1 atom stereocenters. The standard InChI is InChI=1S/C24H21N3OS/c28-29(22-14-8-3-9-15-22)18-21-16-23(25-17-19-10-4-1-5-11-19)27-24(26-21)20-12-6-2-7-13-20/h1-16H,17-18H2,(H,25,26,27)/t29-/m1/s1. The molecule has 1 heterocycles. The van der Waals surface area contributed by atoms with Gasteiger partial charge in [0.05, 0.1) is 22.2 Å². The van der Waals surface area contributed by atoms with Crippen molar-refractivity contribution in [2.75, 3.05) is 5.32 Å². The molecule has 0 aliphatic carbocycles. The van der Waals surface area contributed by atoms with Crippen LogP contribution in [0.3, 0.4) is 0 Å². The number of aromatic nitrogens is 2. The molecule has 3 aromatic carbocycles. The summed E-state index contributed by atoms with van der Waals surface area (Å²) in [6, 6.07) is 31.4. The molecule has 5 heteroatoms. The quantitative estimate of drug-likeness (QED) is 0.472. The molecule has 0 fully saturated rings. The monoisotopic (exact) mass is 399 g/mol. The van der Waals surface area contributed by atoms with Crippen molar-refractivity contribution in [3.05, 3.63) is 108 Å². The van der Waals surface area contributed by atoms with Gasteiger partial charge in [0.1, 0.15) is 5.82 Å². The minimum Gasteiger partial charge on any atom is -0.366 e. The van der Waals surface area contributed by atoms with Crippen LogP contribution >= 0.6 is 0 Å². The molecule has 0 unspecified atom stereocenters. The van der Waals surface area contributed by atoms with E-state index >= 15 is 0 Å². The first kappa shape index (κ1) is 19.0. The summed E-state index contributed by atoms with van der Waals surface area (Å²) in [7, 11) is -1.17. The van der Waals surface area contributed by atoms with E-state index in [1.807, 2.05) is 84.9 Å². The Labute approximate surface area is 173 Å². The summed E-state index contributed by atoms with van der Waals surface area (Å²) in [6.07, 6.45) is 0. The third-order valence-corrected chi connectivity index (χ3v) is 5.77. The van der Waals surface area contributed by atoms with Crippen molar-refractivity contribution in [2.24, 2.45) is 0 Å². The van der Waals surface area contributed by atoms with Crippen LogP contribution in [0.2, 0.25) is 0 Å². The number of hydrogen-bond donors (Lipinski definition) is 1. The van der Waals surface area contributed by atoms with Crippen molar-refractivity contribution < 1.29 is 4.21 Å². The summed E-state index contributed by atoms with van der Waals surface area (Å²) in [5, 5.41) is 3.37. The Morgan fingerprint density at radius 3 is 2.07 bits per heavy atom. The van der Waals surface area contributed by atoms with Gasteiger partial charge in [0.15, 0.2) is 5.82 Å². The highest BCUT2D eigenvalue weighted by molar-refractivity contribution is 7.84. The first-order chi connectivity index (χ1) is 14.3. The Morgan fingerprint density at radius 2 is 1.38 bits per heavy atom. The number of benzene rings is 3. The maximum absolute atomic E-state index is 12.8. The molecule has 0 radical (unpaired) electrons. The fraction of sp³-hybridized carbons (Fsp3) is 0.0833. The maximum atomic E-state index is 12.8. The molecule has 1 aromatic heterocycles. The van der Waals surface area contributed by atoms with Gasteiger partial charge in [0.2, 0.25) is 0 Å². The van der Waals surface area contributed by atoms with Gasteiger partial charge in [-0.25, -0.2) is 9.97 Å². The number of hydrogen-bond acceptors (Lipinski definition) is 4. The number of nitrogens with zero attached hydrogens (tertiary/aromatic N) is 2. The average Bonchev–Trinajstić information content (AvgIpc) is 2.79. The van der Waals surface area contributed by atoms with Crippen molar-refractivity contribution in [2.45, 2.75) is 17.2 Å². The second-order valence-electron chi connectivity index (χ2n) is 6.58. The van der Waals surface area contributed by atoms with Gasteiger partial charge in [0.25, 0.3) is 0 Å². The predicted octanol–water partition coefficient (Wildman–Crippen LogP) is 5.06. The second-order valence-corrected chi connectivity index (χ2v) is 8.03. The summed E-state index contributed by atoms with van der Waals surface area (Å²) >= 11 is 0. The molecule has 0 aliphatic heterocycles. The zero-order valence-corrected chi connectivity index (χ0v) is 16.7. The van der Waals surface area contributed by atoms with Crippen LogP contribution in [0.5, 0.6) is 0 Å². The topological polar surface area (TPSA) is 54.9 Å². The largest absolute Gasteiger partial charge is 0.366 e. The molecular weight excluding hydrogens is 378 g/mol. The molecule has 0 amide bonds. The van der Waals surface area contributed by atoms with Gasteiger partial charge in [-0.2, -0.15) is 0 Å². The van der Waals surface area contributed by atoms with Gasteiger partial charge in [-0.05, 0) is 17.7 Å². The van der Waals surface area contributed by atoms with Crippen molar-refractivity contribution in [1.29, 1.82) is 0 Å². The van der Waals surface area contributed by atoms with Crippen LogP contribution in [0.15, 0.2) is 102 Å². The molecule has 0 spiro atoms. The lowest BCUT2D eigenvalue weighted by atomic mass is 10.2. The number of rotatable bonds is 7. The molecule has 0 saturated carbocycles. The van der Waals surface area contributed by atoms with Gasteiger partial charge in [-0.1, -0.05) is 78.9 Å². The lowest BCUT2D eigenvalue weighted by molar-refractivity contribution is 0.682. The molecule has 4 rings (SSSR count). The Kier molecular flexibility index (Phi) is 6.07. The highest BCUT2D eigenvalue weighted by atomic mass is 32.2. The molecule has 1 N–H and O–H groups in total. The maximum Gasteiger partial charge on any atom is 0.161 e. The molecule has 4 nitrogen and oxygen atoms in total. The van der Waals surface area contributed by atoms with E-state index in [0.717, 1.165) is 22.0 Å². The van der Waals surface area contributed by atoms with Gasteiger partial charge >= 0.3 is 0 Å². The molecule has 0 aliphatic rings. The van der Waals surface area contributed by atoms with Crippen LogP contribution < -0.4 is 5.32 Å². The summed E-state index contributed by atoms with van der Waals surface area (Å²) in [4.78, 5) is 10.2. The summed E-state index contributed by atoms with van der Waals surface area (Å²) in [5.41, 5.74) is 2.85. The Bertz CT molecular complexity index is 1090. The smallest absolute Gasteiger partial charge is 0.161 e. The minimum atomic E-state index is -1.17. The first-order valence-corrected chi connectivity index (χ1v) is 10.7. The van der Waals surface area contributed by atoms with E-state index in [2.05, 4.69) is 27.4 Å². The molecule has 0 saturated heterocycles. The van der Waals surface area contributed by atoms with E-state index in [4.69, 9.17) is 0 Å². The number of nitrogens with one attached hydrogen (secondary N) is 1. The van der Waals surface area contributed by atoms with E-state index in [0.29, 0.717) is 18.1 Å². The van der Waals surface area contributed by atoms with Gasteiger partial charge in [-0.15, -0.1) is 0 Å². The Balaban J connectivity index is 1.62. The van der Waals surface area contributed by atoms with Crippen molar-refractivity contribution in [3.63, 3.8) is 0 Å². The van der Waals surface area contributed by atoms with Crippen molar-refractivity contribution in [3.8, 4) is 11.4 Å². The third kappa shape index (κ3) is 5.15. The van der Waals surface area contributed by atoms with Crippen molar-refractivity contribution >= 4 is 16.6 Å². The SMILES string of the molecule is O=[S@](Cc1cc(NCc2ccccc2)nc(-c2ccccc2)n1)c1ccccc1. The summed E-state index contributed by atoms with van der Waals surface area (Å²) in [5.74, 6) is 1.69.